The number of hydrogen-bond donors (Lipinski definition) is 0. The van der Waals surface area contributed by atoms with Crippen LogP contribution < -0.4 is 0 Å². The van der Waals surface area contributed by atoms with E-state index in [1.807, 2.05) is 44.2 Å². The second-order valence-electron chi connectivity index (χ2n) is 6.26. The molecule has 0 aromatic heterocycles. The van der Waals surface area contributed by atoms with E-state index < -0.39 is 11.9 Å². The molecule has 0 heterocycles. The summed E-state index contributed by atoms with van der Waals surface area (Å²) in [5.74, 6) is -0.753. The van der Waals surface area contributed by atoms with Gasteiger partial charge in [-0.1, -0.05) is 56.3 Å². The van der Waals surface area contributed by atoms with Gasteiger partial charge < -0.3 is 9.47 Å². The maximum atomic E-state index is 12.3. The molecule has 2 aromatic rings. The molecule has 0 bridgehead atoms. The summed E-state index contributed by atoms with van der Waals surface area (Å²) < 4.78 is 10.5. The van der Waals surface area contributed by atoms with Gasteiger partial charge in [-0.15, -0.1) is 0 Å². The fourth-order valence-corrected chi connectivity index (χ4v) is 2.32. The highest BCUT2D eigenvalue weighted by Crippen LogP contribution is 2.13. The van der Waals surface area contributed by atoms with Gasteiger partial charge in [-0.05, 0) is 36.5 Å². The summed E-state index contributed by atoms with van der Waals surface area (Å²) >= 11 is 0. The zero-order valence-electron chi connectivity index (χ0n) is 14.7. The van der Waals surface area contributed by atoms with Crippen LogP contribution in [0.15, 0.2) is 54.6 Å². The van der Waals surface area contributed by atoms with Crippen molar-refractivity contribution in [2.45, 2.75) is 26.7 Å². The Hall–Kier alpha value is -2.62. The maximum absolute atomic E-state index is 12.3. The molecule has 2 rings (SSSR count). The Morgan fingerprint density at radius 2 is 1.40 bits per heavy atom. The molecule has 2 aromatic carbocycles. The summed E-state index contributed by atoms with van der Waals surface area (Å²) in [7, 11) is 0. The highest BCUT2D eigenvalue weighted by Gasteiger charge is 2.19. The van der Waals surface area contributed by atoms with Gasteiger partial charge in [0.25, 0.3) is 0 Å². The number of carbonyl (C=O) groups excluding carboxylic acids is 2. The highest BCUT2D eigenvalue weighted by atomic mass is 16.5. The van der Waals surface area contributed by atoms with Crippen molar-refractivity contribution in [2.75, 3.05) is 13.2 Å². The van der Waals surface area contributed by atoms with E-state index in [0.717, 1.165) is 12.8 Å². The second kappa shape index (κ2) is 9.62. The number of carbonyl (C=O) groups is 2. The van der Waals surface area contributed by atoms with Gasteiger partial charge in [0.15, 0.2) is 0 Å². The van der Waals surface area contributed by atoms with Gasteiger partial charge in [-0.3, -0.25) is 0 Å². The van der Waals surface area contributed by atoms with E-state index in [-0.39, 0.29) is 17.0 Å². The third-order valence-electron chi connectivity index (χ3n) is 3.60. The van der Waals surface area contributed by atoms with E-state index in [2.05, 4.69) is 0 Å². The predicted octanol–water partition coefficient (Wildman–Crippen LogP) is 4.29. The minimum Gasteiger partial charge on any atom is -0.462 e. The van der Waals surface area contributed by atoms with Gasteiger partial charge in [0.1, 0.15) is 0 Å². The third kappa shape index (κ3) is 6.07. The Morgan fingerprint density at radius 3 is 2.00 bits per heavy atom. The molecule has 0 unspecified atom stereocenters. The lowest BCUT2D eigenvalue weighted by Gasteiger charge is -2.11. The number of hydrogen-bond acceptors (Lipinski definition) is 4. The first-order valence-corrected chi connectivity index (χ1v) is 8.55. The summed E-state index contributed by atoms with van der Waals surface area (Å²) in [6, 6.07) is 16.6. The Kier molecular flexibility index (Phi) is 7.20. The SMILES string of the molecule is CC(C)COC(=O)c1ccccc1C(=O)OCCCc1ccccc1. The first kappa shape index (κ1) is 18.7. The van der Waals surface area contributed by atoms with Crippen LogP contribution in [0, 0.1) is 5.92 Å². The van der Waals surface area contributed by atoms with Crippen molar-refractivity contribution in [3.8, 4) is 0 Å². The van der Waals surface area contributed by atoms with Gasteiger partial charge in [-0.25, -0.2) is 9.59 Å². The number of esters is 2. The average Bonchev–Trinajstić information content (AvgIpc) is 2.64. The van der Waals surface area contributed by atoms with Crippen molar-refractivity contribution in [3.05, 3.63) is 71.3 Å². The molecule has 0 spiro atoms. The van der Waals surface area contributed by atoms with Gasteiger partial charge >= 0.3 is 11.9 Å². The Bertz CT molecular complexity index is 692. The fourth-order valence-electron chi connectivity index (χ4n) is 2.32. The molecule has 0 radical (unpaired) electrons. The molecule has 0 saturated heterocycles. The van der Waals surface area contributed by atoms with E-state index in [1.54, 1.807) is 24.3 Å². The quantitative estimate of drug-likeness (QED) is 0.531. The van der Waals surface area contributed by atoms with E-state index in [1.165, 1.54) is 5.56 Å². The lowest BCUT2D eigenvalue weighted by atomic mass is 10.1. The fraction of sp³-hybridized carbons (Fsp3) is 0.333. The molecule has 0 saturated carbocycles. The molecule has 0 amide bonds. The van der Waals surface area contributed by atoms with Crippen LogP contribution in [0.4, 0.5) is 0 Å². The van der Waals surface area contributed by atoms with Gasteiger partial charge in [0, 0.05) is 0 Å². The normalized spacial score (nSPS) is 10.5. The van der Waals surface area contributed by atoms with Gasteiger partial charge in [0.05, 0.1) is 24.3 Å². The maximum Gasteiger partial charge on any atom is 0.339 e. The van der Waals surface area contributed by atoms with E-state index >= 15 is 0 Å². The van der Waals surface area contributed by atoms with Crippen molar-refractivity contribution < 1.29 is 19.1 Å². The number of ether oxygens (including phenoxy) is 2. The lowest BCUT2D eigenvalue weighted by Crippen LogP contribution is -2.16. The smallest absolute Gasteiger partial charge is 0.339 e. The van der Waals surface area contributed by atoms with Crippen molar-refractivity contribution >= 4 is 11.9 Å². The molecule has 0 aliphatic heterocycles. The topological polar surface area (TPSA) is 52.6 Å². The highest BCUT2D eigenvalue weighted by molar-refractivity contribution is 6.03. The van der Waals surface area contributed by atoms with Crippen LogP contribution in [0.25, 0.3) is 0 Å². The van der Waals surface area contributed by atoms with Crippen LogP contribution in [-0.4, -0.2) is 25.2 Å². The summed E-state index contributed by atoms with van der Waals surface area (Å²) in [5.41, 5.74) is 1.70. The molecule has 132 valence electrons. The predicted molar refractivity (Wildman–Crippen MR) is 96.6 cm³/mol. The van der Waals surface area contributed by atoms with Crippen LogP contribution in [0.5, 0.6) is 0 Å². The van der Waals surface area contributed by atoms with Crippen molar-refractivity contribution in [1.29, 1.82) is 0 Å². The molecule has 0 fully saturated rings. The molecular formula is C21H24O4. The van der Waals surface area contributed by atoms with Crippen molar-refractivity contribution in [1.82, 2.24) is 0 Å². The van der Waals surface area contributed by atoms with E-state index in [9.17, 15) is 9.59 Å². The summed E-state index contributed by atoms with van der Waals surface area (Å²) in [6.07, 6.45) is 1.57. The van der Waals surface area contributed by atoms with Gasteiger partial charge in [0.2, 0.25) is 0 Å². The Morgan fingerprint density at radius 1 is 0.840 bits per heavy atom. The minimum absolute atomic E-state index is 0.237. The van der Waals surface area contributed by atoms with Crippen LogP contribution in [0.3, 0.4) is 0 Å². The minimum atomic E-state index is -0.495. The van der Waals surface area contributed by atoms with Crippen LogP contribution in [0.1, 0.15) is 46.5 Å². The number of rotatable bonds is 8. The third-order valence-corrected chi connectivity index (χ3v) is 3.60. The first-order chi connectivity index (χ1) is 12.1. The summed E-state index contributed by atoms with van der Waals surface area (Å²) in [4.78, 5) is 24.4. The van der Waals surface area contributed by atoms with Crippen molar-refractivity contribution in [3.63, 3.8) is 0 Å². The molecule has 0 aliphatic carbocycles. The monoisotopic (exact) mass is 340 g/mol. The Labute approximate surface area is 148 Å². The van der Waals surface area contributed by atoms with Crippen LogP contribution >= 0.6 is 0 Å². The lowest BCUT2D eigenvalue weighted by molar-refractivity contribution is 0.0428. The van der Waals surface area contributed by atoms with E-state index in [0.29, 0.717) is 13.2 Å². The standard InChI is InChI=1S/C21H24O4/c1-16(2)15-25-21(23)19-13-7-6-12-18(19)20(22)24-14-8-11-17-9-4-3-5-10-17/h3-7,9-10,12-13,16H,8,11,14-15H2,1-2H3. The Balaban J connectivity index is 1.89. The summed E-state index contributed by atoms with van der Waals surface area (Å²) in [5, 5.41) is 0. The van der Waals surface area contributed by atoms with E-state index in [4.69, 9.17) is 9.47 Å². The molecule has 25 heavy (non-hydrogen) atoms. The molecular weight excluding hydrogens is 316 g/mol. The molecule has 4 nitrogen and oxygen atoms in total. The zero-order chi connectivity index (χ0) is 18.1. The van der Waals surface area contributed by atoms with Gasteiger partial charge in [-0.2, -0.15) is 0 Å². The number of benzene rings is 2. The van der Waals surface area contributed by atoms with Crippen molar-refractivity contribution in [2.24, 2.45) is 5.92 Å². The largest absolute Gasteiger partial charge is 0.462 e. The average molecular weight is 340 g/mol. The second-order valence-corrected chi connectivity index (χ2v) is 6.26. The molecule has 4 heteroatoms. The molecule has 0 N–H and O–H groups in total. The molecule has 0 aliphatic rings. The first-order valence-electron chi connectivity index (χ1n) is 8.55. The number of aryl methyl sites for hydroxylation is 1. The van der Waals surface area contributed by atoms with Crippen LogP contribution in [-0.2, 0) is 15.9 Å². The summed E-state index contributed by atoms with van der Waals surface area (Å²) in [6.45, 7) is 4.54. The zero-order valence-corrected chi connectivity index (χ0v) is 14.7. The molecule has 0 atom stereocenters. The van der Waals surface area contributed by atoms with Crippen LogP contribution in [0.2, 0.25) is 0 Å².